The molecule has 2 rings (SSSR count). The van der Waals surface area contributed by atoms with Crippen molar-refractivity contribution in [3.05, 3.63) is 23.9 Å². The van der Waals surface area contributed by atoms with Crippen LogP contribution in [0.1, 0.15) is 18.4 Å². The number of H-pyrrole nitrogens is 1. The molecule has 2 N–H and O–H groups in total. The summed E-state index contributed by atoms with van der Waals surface area (Å²) in [6.45, 7) is 0.732. The van der Waals surface area contributed by atoms with Gasteiger partial charge in [-0.25, -0.2) is 4.99 Å². The summed E-state index contributed by atoms with van der Waals surface area (Å²) >= 11 is 4.53. The number of phenolic OH excluding ortho intramolecular Hbond substituents is 1. The maximum absolute atomic E-state index is 9.72. The van der Waals surface area contributed by atoms with Gasteiger partial charge in [0.15, 0.2) is 11.5 Å². The smallest absolute Gasteiger partial charge is 0.161 e. The van der Waals surface area contributed by atoms with Crippen molar-refractivity contribution < 1.29 is 9.84 Å². The molecule has 4 nitrogen and oxygen atoms in total. The lowest BCUT2D eigenvalue weighted by atomic mass is 10.1. The monoisotopic (exact) mass is 276 g/mol. The Labute approximate surface area is 117 Å². The molecule has 0 saturated heterocycles. The fourth-order valence-electron chi connectivity index (χ4n) is 2.12. The molecule has 5 heteroatoms. The lowest BCUT2D eigenvalue weighted by Gasteiger charge is -2.04. The third kappa shape index (κ3) is 3.13. The number of aryl methyl sites for hydroxylation is 1. The molecule has 0 amide bonds. The van der Waals surface area contributed by atoms with Crippen molar-refractivity contribution in [3.8, 4) is 11.5 Å². The molecule has 0 fully saturated rings. The van der Waals surface area contributed by atoms with Crippen LogP contribution < -0.4 is 4.74 Å². The van der Waals surface area contributed by atoms with Crippen LogP contribution in [-0.2, 0) is 6.42 Å². The van der Waals surface area contributed by atoms with Crippen LogP contribution in [0.3, 0.4) is 0 Å². The Morgan fingerprint density at radius 3 is 3.00 bits per heavy atom. The van der Waals surface area contributed by atoms with Crippen LogP contribution in [0.15, 0.2) is 23.3 Å². The Bertz CT molecular complexity index is 615. The van der Waals surface area contributed by atoms with E-state index in [9.17, 15) is 5.11 Å². The van der Waals surface area contributed by atoms with Crippen LogP contribution in [0.4, 0.5) is 0 Å². The third-order valence-electron chi connectivity index (χ3n) is 3.10. The summed E-state index contributed by atoms with van der Waals surface area (Å²) in [5.74, 6) is 0.650. The number of rotatable bonds is 6. The zero-order chi connectivity index (χ0) is 13.7. The second kappa shape index (κ2) is 6.36. The quantitative estimate of drug-likeness (QED) is 0.483. The Kier molecular flexibility index (Phi) is 4.55. The van der Waals surface area contributed by atoms with Crippen LogP contribution in [0.25, 0.3) is 10.9 Å². The lowest BCUT2D eigenvalue weighted by Crippen LogP contribution is -1.88. The minimum absolute atomic E-state index is 0.152. The number of nitrogens with zero attached hydrogens (tertiary/aromatic N) is 1. The predicted molar refractivity (Wildman–Crippen MR) is 79.3 cm³/mol. The Morgan fingerprint density at radius 1 is 1.42 bits per heavy atom. The van der Waals surface area contributed by atoms with Crippen LogP contribution in [0, 0.1) is 0 Å². The van der Waals surface area contributed by atoms with Gasteiger partial charge in [-0.1, -0.05) is 0 Å². The second-order valence-corrected chi connectivity index (χ2v) is 4.50. The van der Waals surface area contributed by atoms with Gasteiger partial charge in [-0.3, -0.25) is 0 Å². The number of unbranched alkanes of at least 4 members (excludes halogenated alkanes) is 1. The van der Waals surface area contributed by atoms with Gasteiger partial charge in [-0.15, -0.1) is 0 Å². The minimum atomic E-state index is 0.152. The Morgan fingerprint density at radius 2 is 2.26 bits per heavy atom. The summed E-state index contributed by atoms with van der Waals surface area (Å²) in [7, 11) is 1.55. The molecule has 1 aromatic carbocycles. The minimum Gasteiger partial charge on any atom is -0.504 e. The number of aromatic hydroxyl groups is 1. The van der Waals surface area contributed by atoms with Gasteiger partial charge in [-0.05, 0) is 43.1 Å². The summed E-state index contributed by atoms with van der Waals surface area (Å²) in [4.78, 5) is 7.06. The largest absolute Gasteiger partial charge is 0.504 e. The first kappa shape index (κ1) is 13.6. The van der Waals surface area contributed by atoms with Crippen LogP contribution >= 0.6 is 12.2 Å². The molecule has 0 spiro atoms. The zero-order valence-corrected chi connectivity index (χ0v) is 11.6. The average Bonchev–Trinajstić information content (AvgIpc) is 2.79. The molecule has 19 heavy (non-hydrogen) atoms. The van der Waals surface area contributed by atoms with Gasteiger partial charge in [-0.2, -0.15) is 0 Å². The molecule has 1 aromatic heterocycles. The second-order valence-electron chi connectivity index (χ2n) is 4.31. The highest BCUT2D eigenvalue weighted by Crippen LogP contribution is 2.32. The van der Waals surface area contributed by atoms with Crippen molar-refractivity contribution in [2.24, 2.45) is 4.99 Å². The van der Waals surface area contributed by atoms with E-state index in [1.165, 1.54) is 5.56 Å². The number of hydrogen-bond acceptors (Lipinski definition) is 4. The molecule has 1 heterocycles. The number of methoxy groups -OCH3 is 1. The summed E-state index contributed by atoms with van der Waals surface area (Å²) in [6.07, 6.45) is 4.97. The lowest BCUT2D eigenvalue weighted by molar-refractivity contribution is 0.374. The molecule has 0 radical (unpaired) electrons. The number of isothiocyanates is 1. The number of benzene rings is 1. The highest BCUT2D eigenvalue weighted by atomic mass is 32.1. The topological polar surface area (TPSA) is 57.6 Å². The van der Waals surface area contributed by atoms with E-state index < -0.39 is 0 Å². The average molecular weight is 276 g/mol. The van der Waals surface area contributed by atoms with E-state index in [1.807, 2.05) is 12.3 Å². The number of phenols is 1. The number of nitrogens with one attached hydrogen (secondary N) is 1. The molecule has 0 unspecified atom stereocenters. The Balaban J connectivity index is 2.13. The summed E-state index contributed by atoms with van der Waals surface area (Å²) < 4.78 is 5.14. The van der Waals surface area contributed by atoms with Crippen molar-refractivity contribution in [1.82, 2.24) is 4.98 Å². The van der Waals surface area contributed by atoms with Gasteiger partial charge < -0.3 is 14.8 Å². The zero-order valence-electron chi connectivity index (χ0n) is 10.8. The molecule has 100 valence electrons. The number of hydrogen-bond donors (Lipinski definition) is 2. The standard InChI is InChI=1S/C14H16N2O2S/c1-18-14-6-11-10(4-2-3-5-15-9-19)8-16-12(11)7-13(14)17/h6-8,16-17H,2-5H2,1H3. The number of ether oxygens (including phenoxy) is 1. The maximum atomic E-state index is 9.72. The van der Waals surface area contributed by atoms with E-state index in [1.54, 1.807) is 13.2 Å². The highest BCUT2D eigenvalue weighted by molar-refractivity contribution is 7.78. The number of aromatic amines is 1. The molecule has 2 aromatic rings. The first-order valence-corrected chi connectivity index (χ1v) is 6.57. The molecule has 0 saturated carbocycles. The van der Waals surface area contributed by atoms with Crippen molar-refractivity contribution in [1.29, 1.82) is 0 Å². The highest BCUT2D eigenvalue weighted by Gasteiger charge is 2.09. The maximum Gasteiger partial charge on any atom is 0.161 e. The van der Waals surface area contributed by atoms with E-state index >= 15 is 0 Å². The first-order chi connectivity index (χ1) is 9.26. The molecule has 0 aliphatic carbocycles. The number of aromatic nitrogens is 1. The number of thiocarbonyl (C=S) groups is 1. The third-order valence-corrected chi connectivity index (χ3v) is 3.23. The van der Waals surface area contributed by atoms with E-state index in [-0.39, 0.29) is 5.75 Å². The van der Waals surface area contributed by atoms with Gasteiger partial charge >= 0.3 is 0 Å². The van der Waals surface area contributed by atoms with Gasteiger partial charge in [0.1, 0.15) is 0 Å². The number of fused-ring (bicyclic) bond motifs is 1. The SMILES string of the molecule is COc1cc2c(CCCCN=C=S)c[nH]c2cc1O. The van der Waals surface area contributed by atoms with E-state index in [2.05, 4.69) is 27.4 Å². The molecule has 0 atom stereocenters. The van der Waals surface area contributed by atoms with Crippen LogP contribution in [0.2, 0.25) is 0 Å². The normalized spacial score (nSPS) is 10.4. The molecule has 0 aliphatic heterocycles. The summed E-state index contributed by atoms with van der Waals surface area (Å²) in [5.41, 5.74) is 2.14. The van der Waals surface area contributed by atoms with Crippen LogP contribution in [-0.4, -0.2) is 28.9 Å². The predicted octanol–water partition coefficient (Wildman–Crippen LogP) is 3.31. The Hall–Kier alpha value is -1.84. The van der Waals surface area contributed by atoms with Gasteiger partial charge in [0.05, 0.1) is 12.3 Å². The molecule has 0 aliphatic rings. The fraction of sp³-hybridized carbons (Fsp3) is 0.357. The number of aliphatic imine (C=N–C) groups is 1. The van der Waals surface area contributed by atoms with Crippen molar-refractivity contribution in [2.45, 2.75) is 19.3 Å². The molecular formula is C14H16N2O2S. The summed E-state index contributed by atoms with van der Waals surface area (Å²) in [6, 6.07) is 3.56. The van der Waals surface area contributed by atoms with E-state index in [0.717, 1.165) is 36.7 Å². The molecular weight excluding hydrogens is 260 g/mol. The van der Waals surface area contributed by atoms with E-state index in [0.29, 0.717) is 5.75 Å². The summed E-state index contributed by atoms with van der Waals surface area (Å²) in [5, 5.41) is 13.2. The van der Waals surface area contributed by atoms with Crippen molar-refractivity contribution in [3.63, 3.8) is 0 Å². The van der Waals surface area contributed by atoms with Gasteiger partial charge in [0, 0.05) is 29.7 Å². The van der Waals surface area contributed by atoms with Gasteiger partial charge in [0.2, 0.25) is 0 Å². The van der Waals surface area contributed by atoms with Crippen molar-refractivity contribution >= 4 is 28.3 Å². The van der Waals surface area contributed by atoms with Gasteiger partial charge in [0.25, 0.3) is 0 Å². The first-order valence-electron chi connectivity index (χ1n) is 6.17. The fourth-order valence-corrected chi connectivity index (χ4v) is 2.21. The van der Waals surface area contributed by atoms with E-state index in [4.69, 9.17) is 4.74 Å². The van der Waals surface area contributed by atoms with Crippen LogP contribution in [0.5, 0.6) is 11.5 Å². The molecule has 0 bridgehead atoms. The van der Waals surface area contributed by atoms with Crippen molar-refractivity contribution in [2.75, 3.05) is 13.7 Å².